The predicted molar refractivity (Wildman–Crippen MR) is 78.4 cm³/mol. The van der Waals surface area contributed by atoms with Crippen molar-refractivity contribution in [1.29, 1.82) is 0 Å². The Hall–Kier alpha value is -2.24. The van der Waals surface area contributed by atoms with Crippen LogP contribution in [-0.2, 0) is 4.79 Å². The fourth-order valence-electron chi connectivity index (χ4n) is 2.70. The number of fused-ring (bicyclic) bond motifs is 1. The standard InChI is InChI=1S/C15H17FN4O/c1-2-13(21)20-7-6-10(8-20)19-15-14-11(16)4-3-5-12(14)17-9-18-15/h3-5,9-10H,2,6-8H2,1H3,(H,17,18,19). The highest BCUT2D eigenvalue weighted by Gasteiger charge is 2.26. The molecular weight excluding hydrogens is 271 g/mol. The zero-order valence-corrected chi connectivity index (χ0v) is 11.8. The van der Waals surface area contributed by atoms with Gasteiger partial charge in [0.05, 0.1) is 10.9 Å². The lowest BCUT2D eigenvalue weighted by Gasteiger charge is -2.17. The first-order valence-corrected chi connectivity index (χ1v) is 7.12. The molecule has 6 heteroatoms. The van der Waals surface area contributed by atoms with Crippen molar-refractivity contribution in [2.24, 2.45) is 0 Å². The molecule has 1 unspecified atom stereocenters. The number of halogens is 1. The Kier molecular flexibility index (Phi) is 3.68. The summed E-state index contributed by atoms with van der Waals surface area (Å²) in [6.45, 7) is 3.22. The number of hydrogen-bond donors (Lipinski definition) is 1. The minimum absolute atomic E-state index is 0.0956. The number of amides is 1. The van der Waals surface area contributed by atoms with Crippen molar-refractivity contribution < 1.29 is 9.18 Å². The zero-order valence-electron chi connectivity index (χ0n) is 11.8. The number of benzene rings is 1. The molecular formula is C15H17FN4O. The second-order valence-corrected chi connectivity index (χ2v) is 5.18. The summed E-state index contributed by atoms with van der Waals surface area (Å²) in [6.07, 6.45) is 2.78. The second kappa shape index (κ2) is 5.63. The maximum atomic E-state index is 14.0. The predicted octanol–water partition coefficient (Wildman–Crippen LogP) is 2.19. The number of anilines is 1. The molecule has 2 aromatic rings. The van der Waals surface area contributed by atoms with Gasteiger partial charge in [0.1, 0.15) is 18.0 Å². The van der Waals surface area contributed by atoms with Crippen LogP contribution in [0, 0.1) is 5.82 Å². The van der Waals surface area contributed by atoms with Gasteiger partial charge in [-0.1, -0.05) is 13.0 Å². The molecule has 2 heterocycles. The van der Waals surface area contributed by atoms with Crippen LogP contribution in [0.25, 0.3) is 10.9 Å². The minimum Gasteiger partial charge on any atom is -0.365 e. The van der Waals surface area contributed by atoms with Gasteiger partial charge in [0.15, 0.2) is 0 Å². The maximum Gasteiger partial charge on any atom is 0.222 e. The highest BCUT2D eigenvalue weighted by molar-refractivity contribution is 5.89. The van der Waals surface area contributed by atoms with E-state index in [0.717, 1.165) is 13.0 Å². The molecule has 1 N–H and O–H groups in total. The third kappa shape index (κ3) is 2.66. The van der Waals surface area contributed by atoms with Crippen LogP contribution in [0.4, 0.5) is 10.2 Å². The molecule has 1 aromatic carbocycles. The fraction of sp³-hybridized carbons (Fsp3) is 0.400. The first kappa shape index (κ1) is 13.7. The van der Waals surface area contributed by atoms with Crippen LogP contribution in [-0.4, -0.2) is 39.9 Å². The van der Waals surface area contributed by atoms with Gasteiger partial charge in [-0.3, -0.25) is 4.79 Å². The van der Waals surface area contributed by atoms with Crippen molar-refractivity contribution in [3.63, 3.8) is 0 Å². The minimum atomic E-state index is -0.338. The molecule has 1 atom stereocenters. The Bertz CT molecular complexity index is 671. The van der Waals surface area contributed by atoms with E-state index in [2.05, 4.69) is 15.3 Å². The SMILES string of the molecule is CCC(=O)N1CCC(Nc2ncnc3cccc(F)c23)C1. The zero-order chi connectivity index (χ0) is 14.8. The summed E-state index contributed by atoms with van der Waals surface area (Å²) in [5.74, 6) is 0.307. The van der Waals surface area contributed by atoms with Crippen LogP contribution in [0.2, 0.25) is 0 Å². The fourth-order valence-corrected chi connectivity index (χ4v) is 2.70. The smallest absolute Gasteiger partial charge is 0.222 e. The number of carbonyl (C=O) groups is 1. The highest BCUT2D eigenvalue weighted by atomic mass is 19.1. The van der Waals surface area contributed by atoms with E-state index >= 15 is 0 Å². The Morgan fingerprint density at radius 2 is 2.33 bits per heavy atom. The molecule has 1 amide bonds. The van der Waals surface area contributed by atoms with Crippen LogP contribution in [0.3, 0.4) is 0 Å². The van der Waals surface area contributed by atoms with Crippen LogP contribution in [0.5, 0.6) is 0 Å². The van der Waals surface area contributed by atoms with Crippen LogP contribution < -0.4 is 5.32 Å². The first-order chi connectivity index (χ1) is 10.2. The average molecular weight is 288 g/mol. The molecule has 0 saturated carbocycles. The summed E-state index contributed by atoms with van der Waals surface area (Å²) in [6, 6.07) is 4.88. The van der Waals surface area contributed by atoms with Crippen molar-refractivity contribution >= 4 is 22.6 Å². The van der Waals surface area contributed by atoms with E-state index in [-0.39, 0.29) is 17.8 Å². The van der Waals surface area contributed by atoms with Gasteiger partial charge in [0.2, 0.25) is 5.91 Å². The van der Waals surface area contributed by atoms with Gasteiger partial charge in [0.25, 0.3) is 0 Å². The molecule has 5 nitrogen and oxygen atoms in total. The quantitative estimate of drug-likeness (QED) is 0.940. The lowest BCUT2D eigenvalue weighted by atomic mass is 10.2. The molecule has 1 aromatic heterocycles. The van der Waals surface area contributed by atoms with Gasteiger partial charge in [-0.05, 0) is 18.6 Å². The number of likely N-dealkylation sites (tertiary alicyclic amines) is 1. The Morgan fingerprint density at radius 3 is 3.14 bits per heavy atom. The second-order valence-electron chi connectivity index (χ2n) is 5.18. The summed E-state index contributed by atoms with van der Waals surface area (Å²) in [7, 11) is 0. The van der Waals surface area contributed by atoms with Gasteiger partial charge >= 0.3 is 0 Å². The number of hydrogen-bond acceptors (Lipinski definition) is 4. The Labute approximate surface area is 122 Å². The largest absolute Gasteiger partial charge is 0.365 e. The van der Waals surface area contributed by atoms with Crippen LogP contribution in [0.1, 0.15) is 19.8 Å². The Balaban J connectivity index is 1.82. The molecule has 1 fully saturated rings. The lowest BCUT2D eigenvalue weighted by molar-refractivity contribution is -0.129. The number of rotatable bonds is 3. The molecule has 0 aliphatic carbocycles. The number of nitrogens with one attached hydrogen (secondary N) is 1. The molecule has 110 valence electrons. The summed E-state index contributed by atoms with van der Waals surface area (Å²) < 4.78 is 14.0. The van der Waals surface area contributed by atoms with Crippen molar-refractivity contribution in [2.75, 3.05) is 18.4 Å². The summed E-state index contributed by atoms with van der Waals surface area (Å²) >= 11 is 0. The maximum absolute atomic E-state index is 14.0. The van der Waals surface area contributed by atoms with Gasteiger partial charge in [-0.2, -0.15) is 0 Å². The Morgan fingerprint density at radius 1 is 1.48 bits per heavy atom. The monoisotopic (exact) mass is 288 g/mol. The number of nitrogens with zero attached hydrogens (tertiary/aromatic N) is 3. The first-order valence-electron chi connectivity index (χ1n) is 7.12. The normalized spacial score (nSPS) is 18.2. The molecule has 0 spiro atoms. The number of aromatic nitrogens is 2. The van der Waals surface area contributed by atoms with Crippen molar-refractivity contribution in [1.82, 2.24) is 14.9 Å². The topological polar surface area (TPSA) is 58.1 Å². The highest BCUT2D eigenvalue weighted by Crippen LogP contribution is 2.24. The van der Waals surface area contributed by atoms with E-state index < -0.39 is 0 Å². The summed E-state index contributed by atoms with van der Waals surface area (Å²) in [5.41, 5.74) is 0.576. The molecule has 1 aliphatic rings. The van der Waals surface area contributed by atoms with Crippen molar-refractivity contribution in [3.8, 4) is 0 Å². The third-order valence-corrected chi connectivity index (χ3v) is 3.80. The van der Waals surface area contributed by atoms with E-state index in [0.29, 0.717) is 29.7 Å². The lowest BCUT2D eigenvalue weighted by Crippen LogP contribution is -2.31. The van der Waals surface area contributed by atoms with Gasteiger partial charge in [-0.15, -0.1) is 0 Å². The van der Waals surface area contributed by atoms with E-state index in [1.807, 2.05) is 11.8 Å². The van der Waals surface area contributed by atoms with E-state index in [4.69, 9.17) is 0 Å². The molecule has 1 saturated heterocycles. The molecule has 21 heavy (non-hydrogen) atoms. The third-order valence-electron chi connectivity index (χ3n) is 3.80. The molecule has 0 bridgehead atoms. The number of carbonyl (C=O) groups excluding carboxylic acids is 1. The van der Waals surface area contributed by atoms with Crippen molar-refractivity contribution in [3.05, 3.63) is 30.3 Å². The molecule has 1 aliphatic heterocycles. The van der Waals surface area contributed by atoms with Crippen LogP contribution in [0.15, 0.2) is 24.5 Å². The van der Waals surface area contributed by atoms with E-state index in [1.54, 1.807) is 12.1 Å². The molecule has 0 radical (unpaired) electrons. The average Bonchev–Trinajstić information content (AvgIpc) is 2.95. The van der Waals surface area contributed by atoms with Crippen molar-refractivity contribution in [2.45, 2.75) is 25.8 Å². The van der Waals surface area contributed by atoms with Gasteiger partial charge in [0, 0.05) is 25.6 Å². The van der Waals surface area contributed by atoms with E-state index in [1.165, 1.54) is 12.4 Å². The summed E-state index contributed by atoms with van der Waals surface area (Å²) in [5, 5.41) is 3.65. The van der Waals surface area contributed by atoms with Crippen LogP contribution >= 0.6 is 0 Å². The van der Waals surface area contributed by atoms with Gasteiger partial charge < -0.3 is 10.2 Å². The molecule has 3 rings (SSSR count). The van der Waals surface area contributed by atoms with Gasteiger partial charge in [-0.25, -0.2) is 14.4 Å². The van der Waals surface area contributed by atoms with E-state index in [9.17, 15) is 9.18 Å². The summed E-state index contributed by atoms with van der Waals surface area (Å²) in [4.78, 5) is 21.8.